The van der Waals surface area contributed by atoms with E-state index >= 15 is 0 Å². The van der Waals surface area contributed by atoms with Gasteiger partial charge in [0, 0.05) is 17.6 Å². The second-order valence-electron chi connectivity index (χ2n) is 4.96. The normalized spacial score (nSPS) is 11.2. The fraction of sp³-hybridized carbons (Fsp3) is 0.0625. The van der Waals surface area contributed by atoms with Gasteiger partial charge in [0.15, 0.2) is 5.82 Å². The van der Waals surface area contributed by atoms with Crippen molar-refractivity contribution in [2.75, 3.05) is 0 Å². The van der Waals surface area contributed by atoms with E-state index < -0.39 is 5.91 Å². The van der Waals surface area contributed by atoms with Gasteiger partial charge in [0.25, 0.3) is 5.91 Å². The van der Waals surface area contributed by atoms with E-state index in [-0.39, 0.29) is 11.4 Å². The smallest absolute Gasteiger partial charge is 0.254 e. The number of hydrogen-bond donors (Lipinski definition) is 3. The molecule has 0 fully saturated rings. The number of aliphatic imine (C=N–C) groups is 1. The first-order chi connectivity index (χ1) is 11.1. The molecule has 0 spiro atoms. The van der Waals surface area contributed by atoms with Crippen molar-refractivity contribution >= 4 is 29.5 Å². The Morgan fingerprint density at radius 3 is 2.91 bits per heavy atom. The third-order valence-corrected chi connectivity index (χ3v) is 3.52. The molecular formula is C16H14ClN5O. The molecule has 116 valence electrons. The summed E-state index contributed by atoms with van der Waals surface area (Å²) < 4.78 is 0. The number of amides is 1. The molecule has 3 rings (SSSR count). The molecule has 0 bridgehead atoms. The lowest BCUT2D eigenvalue weighted by Gasteiger charge is -2.02. The lowest BCUT2D eigenvalue weighted by atomic mass is 10.1. The minimum atomic E-state index is -0.575. The minimum absolute atomic E-state index is 0.268. The Morgan fingerprint density at radius 2 is 2.22 bits per heavy atom. The molecule has 23 heavy (non-hydrogen) atoms. The molecule has 7 heteroatoms. The first-order valence-electron chi connectivity index (χ1n) is 6.92. The van der Waals surface area contributed by atoms with E-state index in [1.54, 1.807) is 18.5 Å². The fourth-order valence-electron chi connectivity index (χ4n) is 2.25. The molecule has 0 aliphatic carbocycles. The molecule has 0 radical (unpaired) electrons. The van der Waals surface area contributed by atoms with Gasteiger partial charge < -0.3 is 10.7 Å². The highest BCUT2D eigenvalue weighted by Gasteiger charge is 2.18. The third-order valence-electron chi connectivity index (χ3n) is 3.29. The molecule has 0 unspecified atom stereocenters. The first kappa shape index (κ1) is 15.1. The SMILES string of the molecule is NC(=O)c1c(N=Cc2ccc[nH]2)n[nH]c1Cc1cccc(Cl)c1. The number of primary amides is 1. The lowest BCUT2D eigenvalue weighted by molar-refractivity contribution is 0.100. The van der Waals surface area contributed by atoms with Crippen molar-refractivity contribution < 1.29 is 4.79 Å². The number of benzene rings is 1. The first-order valence-corrected chi connectivity index (χ1v) is 7.30. The maximum absolute atomic E-state index is 11.8. The molecule has 0 saturated carbocycles. The zero-order chi connectivity index (χ0) is 16.2. The zero-order valence-electron chi connectivity index (χ0n) is 12.1. The van der Waals surface area contributed by atoms with Gasteiger partial charge in [0.05, 0.1) is 17.6 Å². The number of H-pyrrole nitrogens is 2. The van der Waals surface area contributed by atoms with Gasteiger partial charge in [-0.1, -0.05) is 23.7 Å². The Labute approximate surface area is 137 Å². The monoisotopic (exact) mass is 327 g/mol. The lowest BCUT2D eigenvalue weighted by Crippen LogP contribution is -2.13. The number of nitrogens with two attached hydrogens (primary N) is 1. The van der Waals surface area contributed by atoms with Crippen molar-refractivity contribution in [3.05, 3.63) is 70.1 Å². The average Bonchev–Trinajstić information content (AvgIpc) is 3.14. The fourth-order valence-corrected chi connectivity index (χ4v) is 2.47. The predicted molar refractivity (Wildman–Crippen MR) is 89.4 cm³/mol. The predicted octanol–water partition coefficient (Wildman–Crippen LogP) is 2.83. The van der Waals surface area contributed by atoms with Gasteiger partial charge in [-0.15, -0.1) is 0 Å². The highest BCUT2D eigenvalue weighted by atomic mass is 35.5. The van der Waals surface area contributed by atoms with E-state index in [2.05, 4.69) is 20.2 Å². The van der Waals surface area contributed by atoms with E-state index in [0.717, 1.165) is 11.3 Å². The maximum atomic E-state index is 11.8. The minimum Gasteiger partial charge on any atom is -0.365 e. The van der Waals surface area contributed by atoms with Crippen molar-refractivity contribution in [3.63, 3.8) is 0 Å². The number of hydrogen-bond acceptors (Lipinski definition) is 3. The standard InChI is InChI=1S/C16H14ClN5O/c17-11-4-1-3-10(7-11)8-13-14(15(18)23)16(22-21-13)20-9-12-5-2-6-19-12/h1-7,9,19H,8H2,(H2,18,23)(H,21,22). The highest BCUT2D eigenvalue weighted by molar-refractivity contribution is 6.30. The number of aromatic amines is 2. The number of aromatic nitrogens is 3. The summed E-state index contributed by atoms with van der Waals surface area (Å²) in [6.07, 6.45) is 3.83. The largest absolute Gasteiger partial charge is 0.365 e. The molecular weight excluding hydrogens is 314 g/mol. The highest BCUT2D eigenvalue weighted by Crippen LogP contribution is 2.22. The van der Waals surface area contributed by atoms with Gasteiger partial charge in [-0.2, -0.15) is 5.10 Å². The van der Waals surface area contributed by atoms with Crippen molar-refractivity contribution in [2.24, 2.45) is 10.7 Å². The van der Waals surface area contributed by atoms with Crippen LogP contribution >= 0.6 is 11.6 Å². The topological polar surface area (TPSA) is 99.9 Å². The van der Waals surface area contributed by atoms with Crippen molar-refractivity contribution in [1.29, 1.82) is 0 Å². The average molecular weight is 328 g/mol. The van der Waals surface area contributed by atoms with Crippen molar-refractivity contribution in [3.8, 4) is 0 Å². The van der Waals surface area contributed by atoms with Crippen LogP contribution in [0.5, 0.6) is 0 Å². The van der Waals surface area contributed by atoms with Gasteiger partial charge in [0.1, 0.15) is 5.56 Å². The molecule has 6 nitrogen and oxygen atoms in total. The van der Waals surface area contributed by atoms with E-state index in [0.29, 0.717) is 17.1 Å². The van der Waals surface area contributed by atoms with Crippen LogP contribution in [0.4, 0.5) is 5.82 Å². The van der Waals surface area contributed by atoms with Crippen LogP contribution in [0, 0.1) is 0 Å². The zero-order valence-corrected chi connectivity index (χ0v) is 12.8. The molecule has 4 N–H and O–H groups in total. The van der Waals surface area contributed by atoms with Crippen LogP contribution < -0.4 is 5.73 Å². The number of halogens is 1. The molecule has 0 saturated heterocycles. The van der Waals surface area contributed by atoms with Crippen LogP contribution in [0.3, 0.4) is 0 Å². The summed E-state index contributed by atoms with van der Waals surface area (Å²) in [6, 6.07) is 11.1. The van der Waals surface area contributed by atoms with Crippen LogP contribution in [0.2, 0.25) is 5.02 Å². The number of nitrogens with one attached hydrogen (secondary N) is 2. The Morgan fingerprint density at radius 1 is 1.35 bits per heavy atom. The van der Waals surface area contributed by atoms with Crippen LogP contribution in [-0.4, -0.2) is 27.3 Å². The number of rotatable bonds is 5. The summed E-state index contributed by atoms with van der Waals surface area (Å²) in [7, 11) is 0. The molecule has 0 aliphatic heterocycles. The second-order valence-corrected chi connectivity index (χ2v) is 5.39. The molecule has 1 amide bonds. The summed E-state index contributed by atoms with van der Waals surface area (Å²) >= 11 is 5.98. The molecule has 0 atom stereocenters. The Kier molecular flexibility index (Phi) is 4.25. The van der Waals surface area contributed by atoms with Gasteiger partial charge in [0.2, 0.25) is 0 Å². The number of carbonyl (C=O) groups excluding carboxylic acids is 1. The quantitative estimate of drug-likeness (QED) is 0.628. The molecule has 2 heterocycles. The molecule has 1 aromatic carbocycles. The summed E-state index contributed by atoms with van der Waals surface area (Å²) in [5.74, 6) is -0.307. The summed E-state index contributed by atoms with van der Waals surface area (Å²) in [6.45, 7) is 0. The third kappa shape index (κ3) is 3.49. The second kappa shape index (κ2) is 6.50. The molecule has 0 aliphatic rings. The summed E-state index contributed by atoms with van der Waals surface area (Å²) in [4.78, 5) is 19.0. The van der Waals surface area contributed by atoms with Crippen molar-refractivity contribution in [2.45, 2.75) is 6.42 Å². The number of carbonyl (C=O) groups is 1. The van der Waals surface area contributed by atoms with Gasteiger partial charge in [-0.3, -0.25) is 9.89 Å². The van der Waals surface area contributed by atoms with Crippen LogP contribution in [0.25, 0.3) is 0 Å². The summed E-state index contributed by atoms with van der Waals surface area (Å²) in [5, 5.41) is 7.55. The van der Waals surface area contributed by atoms with E-state index in [4.69, 9.17) is 17.3 Å². The number of nitrogens with zero attached hydrogens (tertiary/aromatic N) is 2. The van der Waals surface area contributed by atoms with E-state index in [9.17, 15) is 4.79 Å². The van der Waals surface area contributed by atoms with E-state index in [1.165, 1.54) is 0 Å². The van der Waals surface area contributed by atoms with Crippen molar-refractivity contribution in [1.82, 2.24) is 15.2 Å². The van der Waals surface area contributed by atoms with Gasteiger partial charge in [-0.05, 0) is 29.8 Å². The van der Waals surface area contributed by atoms with E-state index in [1.807, 2.05) is 30.3 Å². The Hall–Kier alpha value is -2.86. The Balaban J connectivity index is 1.91. The maximum Gasteiger partial charge on any atom is 0.254 e. The Bertz CT molecular complexity index is 851. The van der Waals surface area contributed by atoms with Crippen LogP contribution in [0.15, 0.2) is 47.6 Å². The van der Waals surface area contributed by atoms with Gasteiger partial charge in [-0.25, -0.2) is 4.99 Å². The summed E-state index contributed by atoms with van der Waals surface area (Å²) in [5.41, 5.74) is 8.13. The molecule has 3 aromatic rings. The van der Waals surface area contributed by atoms with Crippen LogP contribution in [-0.2, 0) is 6.42 Å². The van der Waals surface area contributed by atoms with Gasteiger partial charge >= 0.3 is 0 Å². The van der Waals surface area contributed by atoms with Crippen LogP contribution in [0.1, 0.15) is 27.3 Å². The molecule has 2 aromatic heterocycles.